The number of ether oxygens (including phenoxy) is 1. The smallest absolute Gasteiger partial charge is 0.333 e. The van der Waals surface area contributed by atoms with E-state index in [9.17, 15) is 18.8 Å². The number of unbranched alkanes of at least 4 members (excludes halogenated alkanes) is 3. The topological polar surface area (TPSA) is 81.2 Å². The number of aromatic nitrogens is 2. The molecule has 1 aromatic heterocycles. The molecule has 0 unspecified atom stereocenters. The van der Waals surface area contributed by atoms with Crippen LogP contribution in [-0.4, -0.2) is 22.1 Å². The molecule has 0 aliphatic rings. The SMILES string of the molecule is C=C(C)C(=O)OCCCCCCn1cc(-c2ccc(F)cc2)c(=O)[nH]c1=O. The molecule has 0 spiro atoms. The molecule has 27 heavy (non-hydrogen) atoms. The zero-order valence-electron chi connectivity index (χ0n) is 15.3. The zero-order chi connectivity index (χ0) is 19.8. The zero-order valence-corrected chi connectivity index (χ0v) is 15.3. The van der Waals surface area contributed by atoms with Crippen molar-refractivity contribution in [2.24, 2.45) is 0 Å². The van der Waals surface area contributed by atoms with Crippen molar-refractivity contribution < 1.29 is 13.9 Å². The van der Waals surface area contributed by atoms with E-state index in [1.807, 2.05) is 0 Å². The third-order valence-electron chi connectivity index (χ3n) is 4.04. The summed E-state index contributed by atoms with van der Waals surface area (Å²) in [5, 5.41) is 0. The first-order valence-electron chi connectivity index (χ1n) is 8.81. The predicted molar refractivity (Wildman–Crippen MR) is 101 cm³/mol. The third-order valence-corrected chi connectivity index (χ3v) is 4.04. The van der Waals surface area contributed by atoms with Gasteiger partial charge in [0.1, 0.15) is 5.82 Å². The van der Waals surface area contributed by atoms with Gasteiger partial charge in [-0.3, -0.25) is 14.3 Å². The fourth-order valence-corrected chi connectivity index (χ4v) is 2.54. The number of carbonyl (C=O) groups excluding carboxylic acids is 1. The van der Waals surface area contributed by atoms with Crippen LogP contribution >= 0.6 is 0 Å². The van der Waals surface area contributed by atoms with E-state index >= 15 is 0 Å². The summed E-state index contributed by atoms with van der Waals surface area (Å²) in [6, 6.07) is 5.54. The monoisotopic (exact) mass is 374 g/mol. The first-order chi connectivity index (χ1) is 12.9. The third kappa shape index (κ3) is 6.06. The van der Waals surface area contributed by atoms with Crippen molar-refractivity contribution >= 4 is 5.97 Å². The summed E-state index contributed by atoms with van der Waals surface area (Å²) in [6.45, 7) is 5.92. The summed E-state index contributed by atoms with van der Waals surface area (Å²) in [5.74, 6) is -0.777. The Labute approximate surface area is 156 Å². The van der Waals surface area contributed by atoms with Crippen LogP contribution in [-0.2, 0) is 16.1 Å². The van der Waals surface area contributed by atoms with Gasteiger partial charge < -0.3 is 4.74 Å². The summed E-state index contributed by atoms with van der Waals surface area (Å²) >= 11 is 0. The molecule has 0 fully saturated rings. The van der Waals surface area contributed by atoms with Gasteiger partial charge in [-0.2, -0.15) is 0 Å². The molecule has 0 saturated carbocycles. The van der Waals surface area contributed by atoms with E-state index < -0.39 is 17.1 Å². The van der Waals surface area contributed by atoms with Gasteiger partial charge in [0.15, 0.2) is 0 Å². The molecule has 1 heterocycles. The van der Waals surface area contributed by atoms with Crippen LogP contribution in [0.5, 0.6) is 0 Å². The van der Waals surface area contributed by atoms with Gasteiger partial charge in [0, 0.05) is 18.3 Å². The van der Waals surface area contributed by atoms with Gasteiger partial charge >= 0.3 is 11.7 Å². The van der Waals surface area contributed by atoms with Gasteiger partial charge in [-0.25, -0.2) is 14.0 Å². The van der Waals surface area contributed by atoms with Crippen molar-refractivity contribution in [3.63, 3.8) is 0 Å². The Kier molecular flexibility index (Phi) is 7.28. The van der Waals surface area contributed by atoms with E-state index in [1.165, 1.54) is 35.0 Å². The van der Waals surface area contributed by atoms with Crippen LogP contribution in [0.3, 0.4) is 0 Å². The molecule has 0 radical (unpaired) electrons. The molecule has 2 rings (SSSR count). The van der Waals surface area contributed by atoms with Gasteiger partial charge in [-0.1, -0.05) is 25.1 Å². The van der Waals surface area contributed by atoms with Crippen molar-refractivity contribution in [1.82, 2.24) is 9.55 Å². The molecule has 2 aromatic rings. The lowest BCUT2D eigenvalue weighted by Gasteiger charge is -2.08. The highest BCUT2D eigenvalue weighted by Gasteiger charge is 2.08. The number of hydrogen-bond donors (Lipinski definition) is 1. The Morgan fingerprint density at radius 1 is 1.15 bits per heavy atom. The molecule has 0 bridgehead atoms. The molecule has 0 saturated heterocycles. The molecular formula is C20H23FN2O4. The summed E-state index contributed by atoms with van der Waals surface area (Å²) in [4.78, 5) is 37.5. The van der Waals surface area contributed by atoms with Gasteiger partial charge in [-0.15, -0.1) is 0 Å². The maximum absolute atomic E-state index is 13.1. The van der Waals surface area contributed by atoms with Crippen LogP contribution in [0.4, 0.5) is 4.39 Å². The quantitative estimate of drug-likeness (QED) is 0.416. The van der Waals surface area contributed by atoms with Gasteiger partial charge in [0.25, 0.3) is 5.56 Å². The Morgan fingerprint density at radius 2 is 1.81 bits per heavy atom. The summed E-state index contributed by atoms with van der Waals surface area (Å²) in [6.07, 6.45) is 4.68. The first kappa shape index (κ1) is 20.4. The number of H-pyrrole nitrogens is 1. The maximum Gasteiger partial charge on any atom is 0.333 e. The molecule has 0 aliphatic heterocycles. The average Bonchev–Trinajstić information content (AvgIpc) is 2.63. The van der Waals surface area contributed by atoms with Crippen LogP contribution in [0.1, 0.15) is 32.6 Å². The second kappa shape index (κ2) is 9.66. The first-order valence-corrected chi connectivity index (χ1v) is 8.81. The number of rotatable bonds is 9. The molecule has 7 heteroatoms. The molecular weight excluding hydrogens is 351 g/mol. The number of halogens is 1. The van der Waals surface area contributed by atoms with Crippen LogP contribution < -0.4 is 11.2 Å². The van der Waals surface area contributed by atoms with Gasteiger partial charge in [0.05, 0.1) is 12.2 Å². The summed E-state index contributed by atoms with van der Waals surface area (Å²) in [7, 11) is 0. The number of aryl methyl sites for hydroxylation is 1. The van der Waals surface area contributed by atoms with Crippen molar-refractivity contribution in [3.05, 3.63) is 69.3 Å². The second-order valence-electron chi connectivity index (χ2n) is 6.33. The number of nitrogens with zero attached hydrogens (tertiary/aromatic N) is 1. The highest BCUT2D eigenvalue weighted by atomic mass is 19.1. The number of esters is 1. The molecule has 1 aromatic carbocycles. The lowest BCUT2D eigenvalue weighted by atomic mass is 10.1. The van der Waals surface area contributed by atoms with Crippen molar-refractivity contribution in [1.29, 1.82) is 0 Å². The Bertz CT molecular complexity index is 913. The lowest BCUT2D eigenvalue weighted by molar-refractivity contribution is -0.139. The van der Waals surface area contributed by atoms with E-state index in [2.05, 4.69) is 11.6 Å². The van der Waals surface area contributed by atoms with Crippen LogP contribution in [0.25, 0.3) is 11.1 Å². The predicted octanol–water partition coefficient (Wildman–Crippen LogP) is 3.02. The molecule has 0 amide bonds. The standard InChI is InChI=1S/C20H23FN2O4/c1-14(2)19(25)27-12-6-4-3-5-11-23-13-17(18(24)22-20(23)26)15-7-9-16(21)10-8-15/h7-10,13H,1,3-6,11-12H2,2H3,(H,22,24,26). The second-order valence-corrected chi connectivity index (χ2v) is 6.33. The normalized spacial score (nSPS) is 10.6. The van der Waals surface area contributed by atoms with E-state index in [0.717, 1.165) is 25.7 Å². The number of carbonyl (C=O) groups is 1. The fraction of sp³-hybridized carbons (Fsp3) is 0.350. The van der Waals surface area contributed by atoms with Gasteiger partial charge in [0.2, 0.25) is 0 Å². The minimum Gasteiger partial charge on any atom is -0.462 e. The number of benzene rings is 1. The molecule has 0 aliphatic carbocycles. The number of hydrogen-bond acceptors (Lipinski definition) is 4. The lowest BCUT2D eigenvalue weighted by Crippen LogP contribution is -2.30. The Hall–Kier alpha value is -2.96. The fourth-order valence-electron chi connectivity index (χ4n) is 2.54. The van der Waals surface area contributed by atoms with E-state index in [0.29, 0.717) is 29.9 Å². The van der Waals surface area contributed by atoms with Gasteiger partial charge in [-0.05, 0) is 43.9 Å². The van der Waals surface area contributed by atoms with Crippen molar-refractivity contribution in [3.8, 4) is 11.1 Å². The van der Waals surface area contributed by atoms with Crippen molar-refractivity contribution in [2.75, 3.05) is 6.61 Å². The van der Waals surface area contributed by atoms with Crippen LogP contribution in [0.15, 0.2) is 52.2 Å². The van der Waals surface area contributed by atoms with E-state index in [-0.39, 0.29) is 5.97 Å². The van der Waals surface area contributed by atoms with E-state index in [4.69, 9.17) is 4.74 Å². The Balaban J connectivity index is 1.88. The Morgan fingerprint density at radius 3 is 2.48 bits per heavy atom. The van der Waals surface area contributed by atoms with Crippen LogP contribution in [0.2, 0.25) is 0 Å². The molecule has 6 nitrogen and oxygen atoms in total. The number of nitrogens with one attached hydrogen (secondary N) is 1. The maximum atomic E-state index is 13.1. The van der Waals surface area contributed by atoms with Crippen molar-refractivity contribution in [2.45, 2.75) is 39.2 Å². The highest BCUT2D eigenvalue weighted by Crippen LogP contribution is 2.14. The molecule has 1 N–H and O–H groups in total. The summed E-state index contributed by atoms with van der Waals surface area (Å²) in [5.41, 5.74) is 0.278. The molecule has 144 valence electrons. The minimum absolute atomic E-state index is 0.321. The highest BCUT2D eigenvalue weighted by molar-refractivity contribution is 5.86. The number of aromatic amines is 1. The molecule has 0 atom stereocenters. The van der Waals surface area contributed by atoms with E-state index in [1.54, 1.807) is 6.92 Å². The van der Waals surface area contributed by atoms with Crippen LogP contribution in [0, 0.1) is 5.82 Å². The summed E-state index contributed by atoms with van der Waals surface area (Å²) < 4.78 is 19.5. The largest absolute Gasteiger partial charge is 0.462 e. The average molecular weight is 374 g/mol. The minimum atomic E-state index is -0.498.